The molecule has 0 saturated carbocycles. The van der Waals surface area contributed by atoms with Gasteiger partial charge in [-0.05, 0) is 55.6 Å². The summed E-state index contributed by atoms with van der Waals surface area (Å²) in [6.45, 7) is 1.57. The Labute approximate surface area is 150 Å². The van der Waals surface area contributed by atoms with Gasteiger partial charge in [0.2, 0.25) is 0 Å². The van der Waals surface area contributed by atoms with Gasteiger partial charge in [-0.2, -0.15) is 0 Å². The third-order valence-electron chi connectivity index (χ3n) is 4.88. The highest BCUT2D eigenvalue weighted by molar-refractivity contribution is 7.91. The Morgan fingerprint density at radius 3 is 2.48 bits per heavy atom. The molecule has 1 heterocycles. The minimum Gasteiger partial charge on any atom is -0.497 e. The molecule has 1 aliphatic rings. The number of benzene rings is 2. The fourth-order valence-electron chi connectivity index (χ4n) is 3.44. The molecule has 1 unspecified atom stereocenters. The minimum absolute atomic E-state index is 0.177. The number of likely N-dealkylation sites (tertiary alicyclic amines) is 1. The van der Waals surface area contributed by atoms with Crippen molar-refractivity contribution in [3.8, 4) is 5.75 Å². The fraction of sp³-hybridized carbons (Fsp3) is 0.400. The number of ether oxygens (including phenoxy) is 1. The Balaban J connectivity index is 1.60. The van der Waals surface area contributed by atoms with Crippen LogP contribution in [-0.4, -0.2) is 45.3 Å². The van der Waals surface area contributed by atoms with E-state index in [2.05, 4.69) is 17.0 Å². The molecule has 1 saturated heterocycles. The van der Waals surface area contributed by atoms with Crippen LogP contribution in [0, 0.1) is 0 Å². The lowest BCUT2D eigenvalue weighted by Crippen LogP contribution is -2.35. The number of nitrogens with zero attached hydrogens (tertiary/aromatic N) is 1. The van der Waals surface area contributed by atoms with Crippen LogP contribution in [0.5, 0.6) is 5.75 Å². The van der Waals surface area contributed by atoms with Crippen molar-refractivity contribution in [2.75, 3.05) is 26.0 Å². The maximum Gasteiger partial charge on any atom is 0.179 e. The first-order chi connectivity index (χ1) is 12.1. The van der Waals surface area contributed by atoms with E-state index in [9.17, 15) is 8.42 Å². The summed E-state index contributed by atoms with van der Waals surface area (Å²) in [5.41, 5.74) is 1.27. The highest BCUT2D eigenvalue weighted by Gasteiger charge is 2.26. The van der Waals surface area contributed by atoms with Crippen molar-refractivity contribution < 1.29 is 13.2 Å². The standard InChI is InChI=1S/C20H25NO3S/c1-24-19-11-9-17(10-12-19)16-18-6-5-13-21(18)14-15-25(22,23)20-7-3-2-4-8-20/h2-4,7-12,18H,5-6,13-16H2,1H3. The molecule has 2 aromatic rings. The second-order valence-electron chi connectivity index (χ2n) is 6.52. The highest BCUT2D eigenvalue weighted by atomic mass is 32.2. The maximum atomic E-state index is 12.5. The molecule has 5 heteroatoms. The minimum atomic E-state index is -3.21. The molecular weight excluding hydrogens is 334 g/mol. The lowest BCUT2D eigenvalue weighted by molar-refractivity contribution is 0.267. The molecule has 4 nitrogen and oxygen atoms in total. The number of rotatable bonds is 7. The molecule has 134 valence electrons. The van der Waals surface area contributed by atoms with Gasteiger partial charge in [-0.15, -0.1) is 0 Å². The van der Waals surface area contributed by atoms with Gasteiger partial charge in [0, 0.05) is 12.6 Å². The molecule has 0 N–H and O–H groups in total. The molecule has 0 amide bonds. The summed E-state index contributed by atoms with van der Waals surface area (Å²) in [7, 11) is -1.54. The van der Waals surface area contributed by atoms with Crippen molar-refractivity contribution in [3.63, 3.8) is 0 Å². The first-order valence-electron chi connectivity index (χ1n) is 8.73. The summed E-state index contributed by atoms with van der Waals surface area (Å²) >= 11 is 0. The quantitative estimate of drug-likeness (QED) is 0.762. The zero-order valence-corrected chi connectivity index (χ0v) is 15.4. The zero-order valence-electron chi connectivity index (χ0n) is 14.6. The SMILES string of the molecule is COc1ccc(CC2CCCN2CCS(=O)(=O)c2ccccc2)cc1. The summed E-state index contributed by atoms with van der Waals surface area (Å²) in [6, 6.07) is 17.3. The van der Waals surface area contributed by atoms with Crippen LogP contribution in [0.2, 0.25) is 0 Å². The van der Waals surface area contributed by atoms with E-state index in [1.807, 2.05) is 18.2 Å². The Kier molecular flexibility index (Phi) is 5.76. The van der Waals surface area contributed by atoms with E-state index in [0.717, 1.165) is 31.6 Å². The third kappa shape index (κ3) is 4.61. The van der Waals surface area contributed by atoms with Crippen molar-refractivity contribution in [1.82, 2.24) is 4.90 Å². The predicted octanol–water partition coefficient (Wildman–Crippen LogP) is 3.18. The van der Waals surface area contributed by atoms with Crippen molar-refractivity contribution in [2.45, 2.75) is 30.2 Å². The van der Waals surface area contributed by atoms with E-state index in [0.29, 0.717) is 17.5 Å². The molecule has 2 aromatic carbocycles. The van der Waals surface area contributed by atoms with Crippen LogP contribution in [0.15, 0.2) is 59.5 Å². The van der Waals surface area contributed by atoms with Crippen LogP contribution in [0.3, 0.4) is 0 Å². The summed E-state index contributed by atoms with van der Waals surface area (Å²) in [4.78, 5) is 2.74. The van der Waals surface area contributed by atoms with E-state index in [1.54, 1.807) is 31.4 Å². The molecule has 1 aliphatic heterocycles. The Hall–Kier alpha value is -1.85. The maximum absolute atomic E-state index is 12.5. The Morgan fingerprint density at radius 1 is 1.08 bits per heavy atom. The molecule has 0 bridgehead atoms. The average Bonchev–Trinajstić information content (AvgIpc) is 3.08. The molecule has 3 rings (SSSR count). The average molecular weight is 359 g/mol. The predicted molar refractivity (Wildman–Crippen MR) is 99.8 cm³/mol. The Bertz CT molecular complexity index is 772. The van der Waals surface area contributed by atoms with Crippen molar-refractivity contribution >= 4 is 9.84 Å². The van der Waals surface area contributed by atoms with Crippen LogP contribution in [-0.2, 0) is 16.3 Å². The molecule has 1 atom stereocenters. The van der Waals surface area contributed by atoms with Gasteiger partial charge >= 0.3 is 0 Å². The topological polar surface area (TPSA) is 46.6 Å². The molecule has 0 aliphatic carbocycles. The highest BCUT2D eigenvalue weighted by Crippen LogP contribution is 2.23. The van der Waals surface area contributed by atoms with Gasteiger partial charge in [0.25, 0.3) is 0 Å². The van der Waals surface area contributed by atoms with E-state index in [-0.39, 0.29) is 5.75 Å². The zero-order chi connectivity index (χ0) is 17.7. The molecule has 25 heavy (non-hydrogen) atoms. The van der Waals surface area contributed by atoms with Gasteiger partial charge in [-0.25, -0.2) is 8.42 Å². The van der Waals surface area contributed by atoms with Gasteiger partial charge < -0.3 is 4.74 Å². The summed E-state index contributed by atoms with van der Waals surface area (Å²) in [6.07, 6.45) is 3.21. The van der Waals surface area contributed by atoms with Crippen molar-refractivity contribution in [2.24, 2.45) is 0 Å². The molecule has 0 aromatic heterocycles. The monoisotopic (exact) mass is 359 g/mol. The van der Waals surface area contributed by atoms with E-state index < -0.39 is 9.84 Å². The first kappa shape index (κ1) is 18.0. The normalized spacial score (nSPS) is 18.4. The van der Waals surface area contributed by atoms with Gasteiger partial charge in [0.05, 0.1) is 17.8 Å². The largest absolute Gasteiger partial charge is 0.497 e. The Morgan fingerprint density at radius 2 is 1.80 bits per heavy atom. The summed E-state index contributed by atoms with van der Waals surface area (Å²) in [5.74, 6) is 1.04. The fourth-order valence-corrected chi connectivity index (χ4v) is 4.72. The van der Waals surface area contributed by atoms with E-state index in [4.69, 9.17) is 4.74 Å². The number of hydrogen-bond donors (Lipinski definition) is 0. The van der Waals surface area contributed by atoms with Gasteiger partial charge in [-0.3, -0.25) is 4.90 Å². The summed E-state index contributed by atoms with van der Waals surface area (Å²) < 4.78 is 30.2. The second kappa shape index (κ2) is 8.02. The lowest BCUT2D eigenvalue weighted by atomic mass is 10.0. The first-order valence-corrected chi connectivity index (χ1v) is 10.4. The smallest absolute Gasteiger partial charge is 0.179 e. The lowest BCUT2D eigenvalue weighted by Gasteiger charge is -2.24. The molecule has 0 radical (unpaired) electrons. The van der Waals surface area contributed by atoms with Crippen LogP contribution in [0.25, 0.3) is 0 Å². The van der Waals surface area contributed by atoms with Crippen molar-refractivity contribution in [1.29, 1.82) is 0 Å². The molecule has 1 fully saturated rings. The number of sulfone groups is 1. The van der Waals surface area contributed by atoms with E-state index >= 15 is 0 Å². The van der Waals surface area contributed by atoms with Crippen LogP contribution in [0.1, 0.15) is 18.4 Å². The van der Waals surface area contributed by atoms with Crippen LogP contribution < -0.4 is 4.74 Å². The van der Waals surface area contributed by atoms with Gasteiger partial charge in [0.15, 0.2) is 9.84 Å². The third-order valence-corrected chi connectivity index (χ3v) is 6.59. The van der Waals surface area contributed by atoms with Gasteiger partial charge in [0.1, 0.15) is 5.75 Å². The van der Waals surface area contributed by atoms with E-state index in [1.165, 1.54) is 5.56 Å². The van der Waals surface area contributed by atoms with Crippen LogP contribution >= 0.6 is 0 Å². The van der Waals surface area contributed by atoms with Gasteiger partial charge in [-0.1, -0.05) is 30.3 Å². The summed E-state index contributed by atoms with van der Waals surface area (Å²) in [5, 5.41) is 0. The van der Waals surface area contributed by atoms with Crippen molar-refractivity contribution in [3.05, 3.63) is 60.2 Å². The van der Waals surface area contributed by atoms with Crippen LogP contribution in [0.4, 0.5) is 0 Å². The molecular formula is C20H25NO3S. The second-order valence-corrected chi connectivity index (χ2v) is 8.63. The number of methoxy groups -OCH3 is 1. The number of hydrogen-bond acceptors (Lipinski definition) is 4. The molecule has 0 spiro atoms.